The third-order valence-corrected chi connectivity index (χ3v) is 6.36. The molecule has 1 unspecified atom stereocenters. The number of hydrogen-bond acceptors (Lipinski definition) is 8. The van der Waals surface area contributed by atoms with Crippen molar-refractivity contribution in [3.63, 3.8) is 0 Å². The van der Waals surface area contributed by atoms with Crippen LogP contribution in [0.25, 0.3) is 0 Å². The molecule has 3 rings (SSSR count). The second-order valence-electron chi connectivity index (χ2n) is 8.16. The van der Waals surface area contributed by atoms with Crippen molar-refractivity contribution in [2.24, 2.45) is 25.9 Å². The zero-order chi connectivity index (χ0) is 22.4. The molecule has 1 aromatic carbocycles. The molecular formula is C23H32N4O4. The van der Waals surface area contributed by atoms with Crippen LogP contribution in [0.2, 0.25) is 0 Å². The molecule has 2 fully saturated rings. The molecule has 168 valence electrons. The van der Waals surface area contributed by atoms with Crippen LogP contribution in [-0.2, 0) is 16.1 Å². The molecule has 8 heteroatoms. The number of hydrogen-bond donors (Lipinski definition) is 2. The van der Waals surface area contributed by atoms with Gasteiger partial charge in [0.1, 0.15) is 12.2 Å². The summed E-state index contributed by atoms with van der Waals surface area (Å²) in [6.07, 6.45) is -2.33. The normalized spacial score (nSPS) is 38.2. The summed E-state index contributed by atoms with van der Waals surface area (Å²) in [7, 11) is 0. The first-order valence-electron chi connectivity index (χ1n) is 10.5. The average molecular weight is 429 g/mol. The van der Waals surface area contributed by atoms with Crippen LogP contribution in [-0.4, -0.2) is 92.3 Å². The molecule has 1 aliphatic heterocycles. The second-order valence-corrected chi connectivity index (χ2v) is 8.16. The molecule has 1 aromatic rings. The van der Waals surface area contributed by atoms with Crippen molar-refractivity contribution in [2.45, 2.75) is 68.1 Å². The van der Waals surface area contributed by atoms with Crippen LogP contribution in [0.15, 0.2) is 50.3 Å². The minimum Gasteiger partial charge on any atom is -0.390 e. The van der Waals surface area contributed by atoms with Crippen LogP contribution in [0.1, 0.15) is 18.4 Å². The molecule has 0 aromatic heterocycles. The molecule has 0 spiro atoms. The van der Waals surface area contributed by atoms with E-state index in [-0.39, 0.29) is 24.3 Å². The molecule has 0 radical (unpaired) electrons. The molecular weight excluding hydrogens is 396 g/mol. The molecule has 9 atom stereocenters. The van der Waals surface area contributed by atoms with E-state index >= 15 is 0 Å². The Bertz CT molecular complexity index is 761. The van der Waals surface area contributed by atoms with Crippen LogP contribution in [0.3, 0.4) is 0 Å². The van der Waals surface area contributed by atoms with E-state index in [0.717, 1.165) is 5.56 Å². The smallest absolute Gasteiger partial charge is 0.104 e. The number of ether oxygens (including phenoxy) is 2. The highest BCUT2D eigenvalue weighted by molar-refractivity contribution is 5.29. The predicted molar refractivity (Wildman–Crippen MR) is 123 cm³/mol. The molecule has 8 nitrogen and oxygen atoms in total. The van der Waals surface area contributed by atoms with E-state index in [2.05, 4.69) is 46.8 Å². The molecule has 1 saturated carbocycles. The SMILES string of the molecule is C=NC[C@H]1O[C@H](C2[C@@H](N=C)C[C@@H](N=C)[C@H](O)[C@H]2O)[C@H](N=C)C[C@@H]1OCc1ccccc1. The summed E-state index contributed by atoms with van der Waals surface area (Å²) in [5.74, 6) is -0.511. The number of aliphatic imine (C=N–C) groups is 4. The van der Waals surface area contributed by atoms with E-state index < -0.39 is 30.3 Å². The molecule has 2 N–H and O–H groups in total. The van der Waals surface area contributed by atoms with Crippen LogP contribution in [0, 0.1) is 5.92 Å². The van der Waals surface area contributed by atoms with Gasteiger partial charge in [-0.2, -0.15) is 0 Å². The van der Waals surface area contributed by atoms with Crippen molar-refractivity contribution in [2.75, 3.05) is 6.54 Å². The summed E-state index contributed by atoms with van der Waals surface area (Å²) < 4.78 is 12.6. The van der Waals surface area contributed by atoms with Gasteiger partial charge in [0.05, 0.1) is 49.6 Å². The Morgan fingerprint density at radius 1 is 0.903 bits per heavy atom. The van der Waals surface area contributed by atoms with E-state index in [1.54, 1.807) is 0 Å². The molecule has 1 saturated heterocycles. The summed E-state index contributed by atoms with van der Waals surface area (Å²) in [5.41, 5.74) is 1.06. The van der Waals surface area contributed by atoms with Gasteiger partial charge in [-0.15, -0.1) is 0 Å². The zero-order valence-corrected chi connectivity index (χ0v) is 17.7. The highest BCUT2D eigenvalue weighted by Crippen LogP contribution is 2.39. The first kappa shape index (κ1) is 23.4. The first-order valence-corrected chi connectivity index (χ1v) is 10.5. The Kier molecular flexibility index (Phi) is 8.20. The van der Waals surface area contributed by atoms with Crippen LogP contribution < -0.4 is 0 Å². The highest BCUT2D eigenvalue weighted by atomic mass is 16.6. The fraction of sp³-hybridized carbons (Fsp3) is 0.565. The number of aliphatic hydroxyl groups excluding tert-OH is 2. The molecule has 0 amide bonds. The predicted octanol–water partition coefficient (Wildman–Crippen LogP) is 1.38. The highest BCUT2D eigenvalue weighted by Gasteiger charge is 2.52. The maximum atomic E-state index is 10.9. The minimum absolute atomic E-state index is 0.263. The van der Waals surface area contributed by atoms with Gasteiger partial charge in [-0.3, -0.25) is 20.0 Å². The van der Waals surface area contributed by atoms with Crippen molar-refractivity contribution in [3.05, 3.63) is 35.9 Å². The third-order valence-electron chi connectivity index (χ3n) is 6.36. The minimum atomic E-state index is -1.10. The maximum Gasteiger partial charge on any atom is 0.104 e. The van der Waals surface area contributed by atoms with Crippen LogP contribution in [0.4, 0.5) is 0 Å². The van der Waals surface area contributed by atoms with Gasteiger partial charge in [-0.05, 0) is 38.9 Å². The zero-order valence-electron chi connectivity index (χ0n) is 17.7. The third kappa shape index (κ3) is 5.15. The Hall–Kier alpha value is -2.26. The van der Waals surface area contributed by atoms with Crippen LogP contribution in [0.5, 0.6) is 0 Å². The number of aliphatic hydroxyl groups is 2. The second kappa shape index (κ2) is 10.9. The molecule has 1 aliphatic carbocycles. The van der Waals surface area contributed by atoms with E-state index in [1.165, 1.54) is 0 Å². The van der Waals surface area contributed by atoms with Crippen molar-refractivity contribution in [1.29, 1.82) is 0 Å². The van der Waals surface area contributed by atoms with Gasteiger partial charge in [0.25, 0.3) is 0 Å². The van der Waals surface area contributed by atoms with E-state index in [0.29, 0.717) is 26.0 Å². The lowest BCUT2D eigenvalue weighted by molar-refractivity contribution is -0.189. The standard InChI is InChI=1S/C23H32N4O4/c1-24-12-19-18(30-13-14-8-6-5-7-9-14)11-17(27-4)23(31-19)20-15(25-2)10-16(26-3)21(28)22(20)29/h5-9,15-23,28-29H,1-4,10-13H2/t15-,16+,17+,18-,19+,20?,21-,22-,23-/m0/s1. The van der Waals surface area contributed by atoms with Crippen molar-refractivity contribution in [3.8, 4) is 0 Å². The monoisotopic (exact) mass is 428 g/mol. The fourth-order valence-corrected chi connectivity index (χ4v) is 4.69. The average Bonchev–Trinajstić information content (AvgIpc) is 2.80. The van der Waals surface area contributed by atoms with Crippen molar-refractivity contribution >= 4 is 26.9 Å². The maximum absolute atomic E-state index is 10.9. The Balaban J connectivity index is 1.79. The summed E-state index contributed by atoms with van der Waals surface area (Å²) in [6, 6.07) is 8.68. The lowest BCUT2D eigenvalue weighted by Crippen LogP contribution is -2.61. The lowest BCUT2D eigenvalue weighted by atomic mass is 9.72. The molecule has 31 heavy (non-hydrogen) atoms. The van der Waals surface area contributed by atoms with Gasteiger partial charge in [-0.1, -0.05) is 30.3 Å². The van der Waals surface area contributed by atoms with Gasteiger partial charge in [0.15, 0.2) is 0 Å². The van der Waals surface area contributed by atoms with Gasteiger partial charge < -0.3 is 19.7 Å². The molecule has 2 aliphatic rings. The van der Waals surface area contributed by atoms with Gasteiger partial charge >= 0.3 is 0 Å². The van der Waals surface area contributed by atoms with Crippen molar-refractivity contribution in [1.82, 2.24) is 0 Å². The number of benzene rings is 1. The summed E-state index contributed by atoms with van der Waals surface area (Å²) in [6.45, 7) is 15.3. The number of nitrogens with zero attached hydrogens (tertiary/aromatic N) is 4. The topological polar surface area (TPSA) is 108 Å². The van der Waals surface area contributed by atoms with Gasteiger partial charge in [0.2, 0.25) is 0 Å². The first-order chi connectivity index (χ1) is 15.0. The summed E-state index contributed by atoms with van der Waals surface area (Å²) >= 11 is 0. The largest absolute Gasteiger partial charge is 0.390 e. The van der Waals surface area contributed by atoms with E-state index in [4.69, 9.17) is 9.47 Å². The quantitative estimate of drug-likeness (QED) is 0.579. The van der Waals surface area contributed by atoms with Gasteiger partial charge in [0, 0.05) is 12.3 Å². The molecule has 0 bridgehead atoms. The summed E-state index contributed by atoms with van der Waals surface area (Å²) in [4.78, 5) is 16.4. The Morgan fingerprint density at radius 2 is 1.58 bits per heavy atom. The van der Waals surface area contributed by atoms with E-state index in [9.17, 15) is 10.2 Å². The van der Waals surface area contributed by atoms with Crippen LogP contribution >= 0.6 is 0 Å². The summed E-state index contributed by atoms with van der Waals surface area (Å²) in [5, 5.41) is 21.4. The fourth-order valence-electron chi connectivity index (χ4n) is 4.69. The Morgan fingerprint density at radius 3 is 2.19 bits per heavy atom. The van der Waals surface area contributed by atoms with E-state index in [1.807, 2.05) is 30.3 Å². The Labute approximate surface area is 183 Å². The number of rotatable bonds is 9. The molecule has 1 heterocycles. The van der Waals surface area contributed by atoms with Gasteiger partial charge in [-0.25, -0.2) is 0 Å². The lowest BCUT2D eigenvalue weighted by Gasteiger charge is -2.48. The van der Waals surface area contributed by atoms with Crippen molar-refractivity contribution < 1.29 is 19.7 Å².